The van der Waals surface area contributed by atoms with E-state index in [1.54, 1.807) is 12.5 Å². The highest BCUT2D eigenvalue weighted by Gasteiger charge is 2.15. The number of furan rings is 1. The summed E-state index contributed by atoms with van der Waals surface area (Å²) in [4.78, 5) is 0. The average Bonchev–Trinajstić information content (AvgIpc) is 2.84. The molecule has 4 heteroatoms. The van der Waals surface area contributed by atoms with Crippen LogP contribution in [0, 0.1) is 0 Å². The zero-order chi connectivity index (χ0) is 12.3. The zero-order valence-corrected chi connectivity index (χ0v) is 11.1. The van der Waals surface area contributed by atoms with Gasteiger partial charge in [0.15, 0.2) is 0 Å². The van der Waals surface area contributed by atoms with Crippen LogP contribution in [0.3, 0.4) is 0 Å². The van der Waals surface area contributed by atoms with Crippen LogP contribution >= 0.6 is 15.9 Å². The van der Waals surface area contributed by atoms with Gasteiger partial charge in [0.1, 0.15) is 5.75 Å². The largest absolute Gasteiger partial charge is 0.494 e. The van der Waals surface area contributed by atoms with Crippen LogP contribution in [0.2, 0.25) is 0 Å². The van der Waals surface area contributed by atoms with Crippen molar-refractivity contribution in [1.82, 2.24) is 0 Å². The predicted molar refractivity (Wildman–Crippen MR) is 70.0 cm³/mol. The Labute approximate surface area is 109 Å². The predicted octanol–water partition coefficient (Wildman–Crippen LogP) is 3.49. The van der Waals surface area contributed by atoms with E-state index >= 15 is 0 Å². The van der Waals surface area contributed by atoms with E-state index in [0.29, 0.717) is 6.61 Å². The van der Waals surface area contributed by atoms with E-state index < -0.39 is 0 Å². The van der Waals surface area contributed by atoms with E-state index in [4.69, 9.17) is 14.9 Å². The smallest absolute Gasteiger partial charge is 0.124 e. The lowest BCUT2D eigenvalue weighted by atomic mass is 10.0. The van der Waals surface area contributed by atoms with Crippen molar-refractivity contribution < 1.29 is 9.15 Å². The minimum Gasteiger partial charge on any atom is -0.494 e. The van der Waals surface area contributed by atoms with Crippen LogP contribution in [0.4, 0.5) is 0 Å². The van der Waals surface area contributed by atoms with E-state index in [1.165, 1.54) is 0 Å². The fourth-order valence-corrected chi connectivity index (χ4v) is 2.06. The molecule has 1 atom stereocenters. The van der Waals surface area contributed by atoms with Crippen molar-refractivity contribution in [3.8, 4) is 5.75 Å². The van der Waals surface area contributed by atoms with Gasteiger partial charge >= 0.3 is 0 Å². The summed E-state index contributed by atoms with van der Waals surface area (Å²) in [5, 5.41) is 0. The average molecular weight is 296 g/mol. The lowest BCUT2D eigenvalue weighted by molar-refractivity contribution is 0.335. The van der Waals surface area contributed by atoms with Gasteiger partial charge < -0.3 is 14.9 Å². The second-order valence-electron chi connectivity index (χ2n) is 3.65. The first-order chi connectivity index (χ1) is 8.22. The number of ether oxygens (including phenoxy) is 1. The van der Waals surface area contributed by atoms with Crippen molar-refractivity contribution in [2.24, 2.45) is 5.73 Å². The molecule has 0 saturated carbocycles. The lowest BCUT2D eigenvalue weighted by Gasteiger charge is -2.15. The van der Waals surface area contributed by atoms with Gasteiger partial charge in [-0.15, -0.1) is 0 Å². The molecular formula is C13H14BrNO2. The summed E-state index contributed by atoms with van der Waals surface area (Å²) >= 11 is 3.44. The second kappa shape index (κ2) is 5.38. The summed E-state index contributed by atoms with van der Waals surface area (Å²) in [6.45, 7) is 2.57. The Kier molecular flexibility index (Phi) is 3.86. The molecule has 0 amide bonds. The van der Waals surface area contributed by atoms with Gasteiger partial charge in [-0.05, 0) is 31.2 Å². The SMILES string of the molecule is CCOc1ccc(Br)cc1C(N)c1ccoc1. The van der Waals surface area contributed by atoms with E-state index in [1.807, 2.05) is 31.2 Å². The third kappa shape index (κ3) is 2.70. The van der Waals surface area contributed by atoms with Crippen LogP contribution in [0.25, 0.3) is 0 Å². The molecule has 0 fully saturated rings. The molecule has 2 aromatic rings. The molecule has 0 aliphatic heterocycles. The van der Waals surface area contributed by atoms with Gasteiger partial charge in [-0.2, -0.15) is 0 Å². The van der Waals surface area contributed by atoms with Crippen molar-refractivity contribution in [3.05, 3.63) is 52.4 Å². The number of hydrogen-bond acceptors (Lipinski definition) is 3. The summed E-state index contributed by atoms with van der Waals surface area (Å²) in [5.74, 6) is 0.810. The van der Waals surface area contributed by atoms with Crippen molar-refractivity contribution in [2.75, 3.05) is 6.61 Å². The zero-order valence-electron chi connectivity index (χ0n) is 9.52. The Hall–Kier alpha value is -1.26. The fourth-order valence-electron chi connectivity index (χ4n) is 1.68. The number of nitrogens with two attached hydrogens (primary N) is 1. The van der Waals surface area contributed by atoms with Crippen molar-refractivity contribution in [1.29, 1.82) is 0 Å². The summed E-state index contributed by atoms with van der Waals surface area (Å²) in [6, 6.07) is 7.46. The Morgan fingerprint density at radius 2 is 2.24 bits per heavy atom. The van der Waals surface area contributed by atoms with Gasteiger partial charge in [0.2, 0.25) is 0 Å². The normalized spacial score (nSPS) is 12.4. The molecule has 17 heavy (non-hydrogen) atoms. The molecule has 2 N–H and O–H groups in total. The molecule has 1 unspecified atom stereocenters. The third-order valence-electron chi connectivity index (χ3n) is 2.51. The van der Waals surface area contributed by atoms with E-state index in [2.05, 4.69) is 15.9 Å². The molecule has 90 valence electrons. The maximum Gasteiger partial charge on any atom is 0.124 e. The molecule has 0 spiro atoms. The molecule has 1 aromatic carbocycles. The fraction of sp³-hybridized carbons (Fsp3) is 0.231. The van der Waals surface area contributed by atoms with Crippen LogP contribution < -0.4 is 10.5 Å². The maximum absolute atomic E-state index is 6.20. The highest BCUT2D eigenvalue weighted by Crippen LogP contribution is 2.31. The molecule has 0 saturated heterocycles. The van der Waals surface area contributed by atoms with Gasteiger partial charge in [0, 0.05) is 15.6 Å². The van der Waals surface area contributed by atoms with Crippen LogP contribution in [0.5, 0.6) is 5.75 Å². The number of benzene rings is 1. The van der Waals surface area contributed by atoms with E-state index in [0.717, 1.165) is 21.3 Å². The topological polar surface area (TPSA) is 48.4 Å². The highest BCUT2D eigenvalue weighted by molar-refractivity contribution is 9.10. The third-order valence-corrected chi connectivity index (χ3v) is 3.00. The van der Waals surface area contributed by atoms with Gasteiger partial charge in [0.25, 0.3) is 0 Å². The molecular weight excluding hydrogens is 282 g/mol. The van der Waals surface area contributed by atoms with E-state index in [9.17, 15) is 0 Å². The highest BCUT2D eigenvalue weighted by atomic mass is 79.9. The maximum atomic E-state index is 6.20. The quantitative estimate of drug-likeness (QED) is 0.939. The van der Waals surface area contributed by atoms with Crippen LogP contribution in [0.1, 0.15) is 24.1 Å². The molecule has 3 nitrogen and oxygen atoms in total. The molecule has 0 bridgehead atoms. The Balaban J connectivity index is 2.38. The van der Waals surface area contributed by atoms with Gasteiger partial charge in [0.05, 0.1) is 25.2 Å². The summed E-state index contributed by atoms with van der Waals surface area (Å²) < 4.78 is 11.6. The van der Waals surface area contributed by atoms with E-state index in [-0.39, 0.29) is 6.04 Å². The standard InChI is InChI=1S/C13H14BrNO2/c1-2-17-12-4-3-10(14)7-11(12)13(15)9-5-6-16-8-9/h3-8,13H,2,15H2,1H3. The molecule has 1 aromatic heterocycles. The summed E-state index contributed by atoms with van der Waals surface area (Å²) in [5.41, 5.74) is 8.08. The number of rotatable bonds is 4. The molecule has 0 aliphatic rings. The van der Waals surface area contributed by atoms with Gasteiger partial charge in [-0.25, -0.2) is 0 Å². The van der Waals surface area contributed by atoms with Crippen LogP contribution in [-0.4, -0.2) is 6.61 Å². The second-order valence-corrected chi connectivity index (χ2v) is 4.57. The number of hydrogen-bond donors (Lipinski definition) is 1. The van der Waals surface area contributed by atoms with Crippen molar-refractivity contribution >= 4 is 15.9 Å². The van der Waals surface area contributed by atoms with Crippen molar-refractivity contribution in [2.45, 2.75) is 13.0 Å². The lowest BCUT2D eigenvalue weighted by Crippen LogP contribution is -2.12. The van der Waals surface area contributed by atoms with Crippen molar-refractivity contribution in [3.63, 3.8) is 0 Å². The first-order valence-corrected chi connectivity index (χ1v) is 6.21. The molecule has 1 heterocycles. The Bertz CT molecular complexity index is 482. The number of halogens is 1. The van der Waals surface area contributed by atoms with Gasteiger partial charge in [-0.3, -0.25) is 0 Å². The minimum atomic E-state index is -0.243. The van der Waals surface area contributed by atoms with Gasteiger partial charge in [-0.1, -0.05) is 15.9 Å². The molecule has 2 rings (SSSR count). The Morgan fingerprint density at radius 3 is 2.88 bits per heavy atom. The van der Waals surface area contributed by atoms with Crippen LogP contribution in [-0.2, 0) is 0 Å². The summed E-state index contributed by atoms with van der Waals surface area (Å²) in [7, 11) is 0. The summed E-state index contributed by atoms with van der Waals surface area (Å²) in [6.07, 6.45) is 3.27. The first kappa shape index (κ1) is 12.2. The monoisotopic (exact) mass is 295 g/mol. The minimum absolute atomic E-state index is 0.243. The Morgan fingerprint density at radius 1 is 1.41 bits per heavy atom. The first-order valence-electron chi connectivity index (χ1n) is 5.42. The molecule has 0 radical (unpaired) electrons. The molecule has 0 aliphatic carbocycles. The van der Waals surface area contributed by atoms with Crippen LogP contribution in [0.15, 0.2) is 45.7 Å².